The zero-order valence-electron chi connectivity index (χ0n) is 12.6. The van der Waals surface area contributed by atoms with E-state index in [1.165, 1.54) is 0 Å². The van der Waals surface area contributed by atoms with E-state index >= 15 is 0 Å². The van der Waals surface area contributed by atoms with Gasteiger partial charge < -0.3 is 5.73 Å². The van der Waals surface area contributed by atoms with Gasteiger partial charge in [-0.25, -0.2) is 8.42 Å². The highest BCUT2D eigenvalue weighted by Gasteiger charge is 2.34. The third kappa shape index (κ3) is 3.43. The molecule has 4 nitrogen and oxygen atoms in total. The van der Waals surface area contributed by atoms with E-state index in [0.29, 0.717) is 27.2 Å². The SMILES string of the molecule is CCCC1CCCCN1S(=O)(=O)c1cc(Br)cc(N)c1C. The molecule has 1 aliphatic heterocycles. The Kier molecular flexibility index (Phi) is 5.33. The lowest BCUT2D eigenvalue weighted by molar-refractivity contribution is 0.239. The molecule has 6 heteroatoms. The van der Waals surface area contributed by atoms with Crippen molar-refractivity contribution in [1.82, 2.24) is 4.31 Å². The predicted octanol–water partition coefficient (Wildman–Crippen LogP) is 3.68. The molecule has 21 heavy (non-hydrogen) atoms. The lowest BCUT2D eigenvalue weighted by atomic mass is 10.0. The maximum absolute atomic E-state index is 13.0. The Morgan fingerprint density at radius 1 is 1.38 bits per heavy atom. The Balaban J connectivity index is 2.45. The van der Waals surface area contributed by atoms with Crippen molar-refractivity contribution in [2.75, 3.05) is 12.3 Å². The lowest BCUT2D eigenvalue weighted by Gasteiger charge is -2.35. The van der Waals surface area contributed by atoms with Crippen LogP contribution in [0.5, 0.6) is 0 Å². The smallest absolute Gasteiger partial charge is 0.243 e. The molecule has 1 aliphatic rings. The molecule has 2 rings (SSSR count). The highest BCUT2D eigenvalue weighted by molar-refractivity contribution is 9.10. The number of nitrogen functional groups attached to an aromatic ring is 1. The molecular formula is C15H23BrN2O2S. The molecular weight excluding hydrogens is 352 g/mol. The number of hydrogen-bond acceptors (Lipinski definition) is 3. The van der Waals surface area contributed by atoms with Gasteiger partial charge in [-0.2, -0.15) is 4.31 Å². The molecule has 118 valence electrons. The zero-order valence-corrected chi connectivity index (χ0v) is 15.0. The van der Waals surface area contributed by atoms with Crippen molar-refractivity contribution in [1.29, 1.82) is 0 Å². The minimum Gasteiger partial charge on any atom is -0.398 e. The van der Waals surface area contributed by atoms with Gasteiger partial charge in [-0.15, -0.1) is 0 Å². The van der Waals surface area contributed by atoms with Gasteiger partial charge in [0.15, 0.2) is 0 Å². The minimum atomic E-state index is -3.49. The van der Waals surface area contributed by atoms with Gasteiger partial charge in [0.25, 0.3) is 0 Å². The number of sulfonamides is 1. The van der Waals surface area contributed by atoms with Crippen LogP contribution < -0.4 is 5.73 Å². The topological polar surface area (TPSA) is 63.4 Å². The average Bonchev–Trinajstić information content (AvgIpc) is 2.43. The van der Waals surface area contributed by atoms with Crippen molar-refractivity contribution >= 4 is 31.6 Å². The van der Waals surface area contributed by atoms with Crippen LogP contribution in [0, 0.1) is 6.92 Å². The van der Waals surface area contributed by atoms with Crippen LogP contribution in [0.25, 0.3) is 0 Å². The summed E-state index contributed by atoms with van der Waals surface area (Å²) in [5.41, 5.74) is 7.07. The number of nitrogens with zero attached hydrogens (tertiary/aromatic N) is 1. The van der Waals surface area contributed by atoms with E-state index in [1.54, 1.807) is 23.4 Å². The van der Waals surface area contributed by atoms with E-state index in [0.717, 1.165) is 32.1 Å². The first-order chi connectivity index (χ1) is 9.87. The Labute approximate surface area is 135 Å². The monoisotopic (exact) mass is 374 g/mol. The van der Waals surface area contributed by atoms with Crippen molar-refractivity contribution in [3.05, 3.63) is 22.2 Å². The number of piperidine rings is 1. The summed E-state index contributed by atoms with van der Waals surface area (Å²) in [5.74, 6) is 0. The maximum Gasteiger partial charge on any atom is 0.243 e. The van der Waals surface area contributed by atoms with Crippen molar-refractivity contribution < 1.29 is 8.42 Å². The van der Waals surface area contributed by atoms with Crippen LogP contribution in [-0.4, -0.2) is 25.3 Å². The summed E-state index contributed by atoms with van der Waals surface area (Å²) in [4.78, 5) is 0.331. The summed E-state index contributed by atoms with van der Waals surface area (Å²) in [7, 11) is -3.49. The molecule has 0 spiro atoms. The van der Waals surface area contributed by atoms with E-state index in [-0.39, 0.29) is 6.04 Å². The Hall–Kier alpha value is -0.590. The molecule has 0 aliphatic carbocycles. The lowest BCUT2D eigenvalue weighted by Crippen LogP contribution is -2.43. The summed E-state index contributed by atoms with van der Waals surface area (Å²) >= 11 is 3.35. The number of halogens is 1. The Morgan fingerprint density at radius 3 is 2.76 bits per heavy atom. The molecule has 1 saturated heterocycles. The number of benzene rings is 1. The van der Waals surface area contributed by atoms with E-state index < -0.39 is 10.0 Å². The summed E-state index contributed by atoms with van der Waals surface area (Å²) in [5, 5.41) is 0. The number of rotatable bonds is 4. The van der Waals surface area contributed by atoms with Crippen LogP contribution in [0.4, 0.5) is 5.69 Å². The number of nitrogens with two attached hydrogens (primary N) is 1. The molecule has 1 aromatic carbocycles. The number of hydrogen-bond donors (Lipinski definition) is 1. The van der Waals surface area contributed by atoms with E-state index in [1.807, 2.05) is 0 Å². The molecule has 0 aromatic heterocycles. The molecule has 2 N–H and O–H groups in total. The third-order valence-electron chi connectivity index (χ3n) is 4.15. The highest BCUT2D eigenvalue weighted by atomic mass is 79.9. The van der Waals surface area contributed by atoms with Gasteiger partial charge >= 0.3 is 0 Å². The quantitative estimate of drug-likeness (QED) is 0.817. The molecule has 1 fully saturated rings. The molecule has 1 atom stereocenters. The van der Waals surface area contributed by atoms with Gasteiger partial charge in [0.1, 0.15) is 0 Å². The molecule has 1 unspecified atom stereocenters. The van der Waals surface area contributed by atoms with Gasteiger partial charge in [-0.05, 0) is 43.9 Å². The van der Waals surface area contributed by atoms with Crippen LogP contribution in [0.15, 0.2) is 21.5 Å². The van der Waals surface area contributed by atoms with Gasteiger partial charge in [0, 0.05) is 22.7 Å². The van der Waals surface area contributed by atoms with Crippen molar-refractivity contribution in [2.24, 2.45) is 0 Å². The summed E-state index contributed by atoms with van der Waals surface area (Å²) in [6, 6.07) is 3.53. The van der Waals surface area contributed by atoms with Gasteiger partial charge in [0.05, 0.1) is 4.90 Å². The normalized spacial score (nSPS) is 20.6. The van der Waals surface area contributed by atoms with E-state index in [2.05, 4.69) is 22.9 Å². The van der Waals surface area contributed by atoms with Crippen LogP contribution in [0.2, 0.25) is 0 Å². The fourth-order valence-electron chi connectivity index (χ4n) is 2.98. The summed E-state index contributed by atoms with van der Waals surface area (Å²) in [6.45, 7) is 4.48. The molecule has 1 aromatic rings. The first-order valence-electron chi connectivity index (χ1n) is 7.45. The average molecular weight is 375 g/mol. The van der Waals surface area contributed by atoms with Crippen LogP contribution in [-0.2, 0) is 10.0 Å². The summed E-state index contributed by atoms with van der Waals surface area (Å²) < 4.78 is 28.5. The molecule has 1 heterocycles. The van der Waals surface area contributed by atoms with Crippen molar-refractivity contribution in [3.63, 3.8) is 0 Å². The molecule has 0 radical (unpaired) electrons. The second-order valence-electron chi connectivity index (χ2n) is 5.67. The Bertz CT molecular complexity index is 614. The van der Waals surface area contributed by atoms with Crippen LogP contribution >= 0.6 is 15.9 Å². The predicted molar refractivity (Wildman–Crippen MR) is 89.7 cm³/mol. The van der Waals surface area contributed by atoms with E-state index in [9.17, 15) is 8.42 Å². The minimum absolute atomic E-state index is 0.119. The summed E-state index contributed by atoms with van der Waals surface area (Å²) in [6.07, 6.45) is 4.91. The highest BCUT2D eigenvalue weighted by Crippen LogP contribution is 2.32. The van der Waals surface area contributed by atoms with E-state index in [4.69, 9.17) is 5.73 Å². The number of anilines is 1. The first kappa shape index (κ1) is 16.8. The zero-order chi connectivity index (χ0) is 15.6. The standard InChI is InChI=1S/C15H23BrN2O2S/c1-3-6-13-7-4-5-8-18(13)21(19,20)15-10-12(16)9-14(17)11(15)2/h9-10,13H,3-8,17H2,1-2H3. The molecule has 0 bridgehead atoms. The molecule has 0 amide bonds. The first-order valence-corrected chi connectivity index (χ1v) is 9.68. The fraction of sp³-hybridized carbons (Fsp3) is 0.600. The Morgan fingerprint density at radius 2 is 2.10 bits per heavy atom. The van der Waals surface area contributed by atoms with Crippen molar-refractivity contribution in [2.45, 2.75) is 56.9 Å². The van der Waals surface area contributed by atoms with Gasteiger partial charge in [0.2, 0.25) is 10.0 Å². The maximum atomic E-state index is 13.0. The van der Waals surface area contributed by atoms with Gasteiger partial charge in [-0.3, -0.25) is 0 Å². The van der Waals surface area contributed by atoms with Gasteiger partial charge in [-0.1, -0.05) is 35.7 Å². The van der Waals surface area contributed by atoms with Crippen LogP contribution in [0.3, 0.4) is 0 Å². The third-order valence-corrected chi connectivity index (χ3v) is 6.68. The second-order valence-corrected chi connectivity index (χ2v) is 8.45. The largest absolute Gasteiger partial charge is 0.398 e. The second kappa shape index (κ2) is 6.67. The fourth-order valence-corrected chi connectivity index (χ4v) is 5.61. The van der Waals surface area contributed by atoms with Crippen molar-refractivity contribution in [3.8, 4) is 0 Å². The van der Waals surface area contributed by atoms with Crippen LogP contribution in [0.1, 0.15) is 44.6 Å². The molecule has 0 saturated carbocycles.